The van der Waals surface area contributed by atoms with E-state index < -0.39 is 0 Å². The molecular formula is C43H22B7N5O. The Bertz CT molecular complexity index is 3080. The predicted molar refractivity (Wildman–Crippen MR) is 233 cm³/mol. The van der Waals surface area contributed by atoms with Gasteiger partial charge in [-0.25, -0.2) is 9.97 Å². The van der Waals surface area contributed by atoms with Crippen molar-refractivity contribution in [2.45, 2.75) is 19.3 Å². The van der Waals surface area contributed by atoms with Gasteiger partial charge >= 0.3 is 0 Å². The maximum absolute atomic E-state index is 7.30. The highest BCUT2D eigenvalue weighted by Gasteiger charge is 2.38. The van der Waals surface area contributed by atoms with Crippen molar-refractivity contribution >= 4 is 126 Å². The number of benzene rings is 6. The highest BCUT2D eigenvalue weighted by molar-refractivity contribution is 6.69. The number of oxazole rings is 1. The van der Waals surface area contributed by atoms with Crippen molar-refractivity contribution in [3.8, 4) is 51.0 Å². The first kappa shape index (κ1) is 34.5. The van der Waals surface area contributed by atoms with E-state index in [0.717, 1.165) is 44.5 Å². The Balaban J connectivity index is 1.31. The first-order valence-electron chi connectivity index (χ1n) is 17.9. The third kappa shape index (κ3) is 4.73. The maximum atomic E-state index is 7.30. The Morgan fingerprint density at radius 2 is 1.11 bits per heavy atom. The molecule has 0 fully saturated rings. The topological polar surface area (TPSA) is 69.6 Å². The van der Waals surface area contributed by atoms with E-state index in [4.69, 9.17) is 74.3 Å². The third-order valence-electron chi connectivity index (χ3n) is 11.2. The van der Waals surface area contributed by atoms with Crippen molar-refractivity contribution in [1.29, 1.82) is 0 Å². The molecule has 56 heavy (non-hydrogen) atoms. The van der Waals surface area contributed by atoms with Gasteiger partial charge in [0.25, 0.3) is 0 Å². The molecule has 6 nitrogen and oxygen atoms in total. The van der Waals surface area contributed by atoms with E-state index in [2.05, 4.69) is 37.0 Å². The Hall–Kier alpha value is -5.95. The molecule has 0 spiro atoms. The minimum atomic E-state index is -0.303. The molecule has 0 amide bonds. The van der Waals surface area contributed by atoms with Crippen molar-refractivity contribution in [2.24, 2.45) is 0 Å². The summed E-state index contributed by atoms with van der Waals surface area (Å²) in [6.07, 6.45) is 1.47. The number of hydrogen-bond donors (Lipinski definition) is 0. The van der Waals surface area contributed by atoms with Gasteiger partial charge in [-0.3, -0.25) is 4.57 Å². The largest absolute Gasteiger partial charge is 0.443 e. The third-order valence-corrected chi connectivity index (χ3v) is 11.2. The molecule has 6 aromatic carbocycles. The molecule has 0 saturated heterocycles. The van der Waals surface area contributed by atoms with E-state index in [1.807, 2.05) is 72.8 Å². The average molecular weight is 700 g/mol. The highest BCUT2D eigenvalue weighted by atomic mass is 16.3. The fourth-order valence-corrected chi connectivity index (χ4v) is 8.41. The molecule has 3 heterocycles. The van der Waals surface area contributed by atoms with Gasteiger partial charge in [-0.15, -0.1) is 10.9 Å². The Kier molecular flexibility index (Phi) is 7.57. The molecule has 0 aliphatic heterocycles. The molecule has 246 valence electrons. The van der Waals surface area contributed by atoms with Crippen LogP contribution in [0.15, 0.2) is 102 Å². The number of rotatable bonds is 4. The number of nitrogens with zero attached hydrogens (tertiary/aromatic N) is 5. The van der Waals surface area contributed by atoms with Crippen molar-refractivity contribution < 1.29 is 4.42 Å². The molecule has 0 N–H and O–H groups in total. The zero-order valence-corrected chi connectivity index (χ0v) is 30.4. The van der Waals surface area contributed by atoms with Crippen LogP contribution in [0.3, 0.4) is 0 Å². The minimum absolute atomic E-state index is 0.101. The van der Waals surface area contributed by atoms with Gasteiger partial charge in [-0.1, -0.05) is 120 Å². The van der Waals surface area contributed by atoms with Crippen molar-refractivity contribution in [3.63, 3.8) is 0 Å². The standard InChI is InChI=1S/C43H22B7N5O/c1-43(2)23-14-13-21(17-22(23)27-24(43)15-16-25-39(27)56-18-51-25)26-30(44)28-29-32(46)33(47)34(48)36(50)38(29)55(37(28)35(49)31(26)45)42-53-40(19-9-5-3-6-10-19)52-41(54-42)20-11-7-4-8-12-20/h3-18H,1-2H3. The van der Waals surface area contributed by atoms with Crippen LogP contribution in [0.4, 0.5) is 0 Å². The zero-order chi connectivity index (χ0) is 38.8. The molecule has 1 aliphatic carbocycles. The molecule has 9 aromatic rings. The zero-order valence-electron chi connectivity index (χ0n) is 30.4. The highest BCUT2D eigenvalue weighted by Crippen LogP contribution is 2.52. The van der Waals surface area contributed by atoms with Crippen LogP contribution in [0, 0.1) is 0 Å². The molecule has 3 aromatic heterocycles. The average Bonchev–Trinajstić information content (AvgIpc) is 3.91. The first-order chi connectivity index (χ1) is 27.0. The second-order valence-electron chi connectivity index (χ2n) is 14.6. The predicted octanol–water partition coefficient (Wildman–Crippen LogP) is 1.97. The Morgan fingerprint density at radius 1 is 0.536 bits per heavy atom. The molecule has 0 unspecified atom stereocenters. The summed E-state index contributed by atoms with van der Waals surface area (Å²) in [5.41, 5.74) is 10.3. The summed E-state index contributed by atoms with van der Waals surface area (Å²) in [6.45, 7) is 4.39. The smallest absolute Gasteiger partial charge is 0.238 e. The van der Waals surface area contributed by atoms with E-state index >= 15 is 0 Å². The molecule has 0 saturated carbocycles. The summed E-state index contributed by atoms with van der Waals surface area (Å²) in [4.78, 5) is 19.3. The van der Waals surface area contributed by atoms with Gasteiger partial charge in [-0.2, -0.15) is 9.97 Å². The van der Waals surface area contributed by atoms with Gasteiger partial charge < -0.3 is 4.42 Å². The van der Waals surface area contributed by atoms with Crippen LogP contribution in [0.1, 0.15) is 25.0 Å². The van der Waals surface area contributed by atoms with Gasteiger partial charge in [0, 0.05) is 38.5 Å². The van der Waals surface area contributed by atoms with E-state index in [1.54, 1.807) is 4.57 Å². The van der Waals surface area contributed by atoms with Crippen LogP contribution in [0.5, 0.6) is 0 Å². The molecule has 10 rings (SSSR count). The first-order valence-corrected chi connectivity index (χ1v) is 17.9. The summed E-state index contributed by atoms with van der Waals surface area (Å²) in [6, 6.07) is 29.5. The lowest BCUT2D eigenvalue weighted by molar-refractivity contribution is 0.601. The number of fused-ring (bicyclic) bond motifs is 8. The van der Waals surface area contributed by atoms with Crippen molar-refractivity contribution in [1.82, 2.24) is 24.5 Å². The molecule has 1 aliphatic rings. The summed E-state index contributed by atoms with van der Waals surface area (Å²) >= 11 is 0. The molecule has 14 radical (unpaired) electrons. The summed E-state index contributed by atoms with van der Waals surface area (Å²) in [7, 11) is 48.3. The van der Waals surface area contributed by atoms with Crippen LogP contribution in [-0.2, 0) is 5.41 Å². The number of hydrogen-bond acceptors (Lipinski definition) is 5. The SMILES string of the molecule is [B]c1c([B])c([B])c2c(c1[B])c1c([B])c(-c3ccc4c(c3)-c3c(ccc5ncoc35)C4(C)C)c([B])c([B])c1n2-c1nc(-c2ccccc2)nc(-c2ccccc2)n1. The van der Waals surface area contributed by atoms with Crippen LogP contribution in [-0.4, -0.2) is 79.4 Å². The number of aromatic nitrogens is 5. The van der Waals surface area contributed by atoms with Crippen LogP contribution in [0.2, 0.25) is 0 Å². The van der Waals surface area contributed by atoms with Gasteiger partial charge in [0.2, 0.25) is 5.95 Å². The van der Waals surface area contributed by atoms with Crippen LogP contribution < -0.4 is 38.2 Å². The fraction of sp³-hybridized carbons (Fsp3) is 0.0698. The minimum Gasteiger partial charge on any atom is -0.443 e. The molecule has 0 bridgehead atoms. The van der Waals surface area contributed by atoms with Crippen molar-refractivity contribution in [2.75, 3.05) is 0 Å². The van der Waals surface area contributed by atoms with E-state index in [0.29, 0.717) is 50.1 Å². The Labute approximate surface area is 332 Å². The van der Waals surface area contributed by atoms with Gasteiger partial charge in [0.1, 0.15) is 60.4 Å². The van der Waals surface area contributed by atoms with Crippen molar-refractivity contribution in [3.05, 3.63) is 109 Å². The summed E-state index contributed by atoms with van der Waals surface area (Å²) < 4.78 is 7.65. The quantitative estimate of drug-likeness (QED) is 0.263. The molecule has 13 heteroatoms. The molecular weight excluding hydrogens is 678 g/mol. The van der Waals surface area contributed by atoms with E-state index in [1.165, 1.54) is 6.39 Å². The van der Waals surface area contributed by atoms with Gasteiger partial charge in [0.05, 0.1) is 0 Å². The fourth-order valence-electron chi connectivity index (χ4n) is 8.41. The Morgan fingerprint density at radius 3 is 1.75 bits per heavy atom. The molecule has 0 atom stereocenters. The summed E-state index contributed by atoms with van der Waals surface area (Å²) in [5.74, 6) is 1.02. The second-order valence-corrected chi connectivity index (χ2v) is 14.6. The lowest BCUT2D eigenvalue weighted by atomic mass is 9.64. The van der Waals surface area contributed by atoms with E-state index in [9.17, 15) is 0 Å². The van der Waals surface area contributed by atoms with Crippen LogP contribution >= 0.6 is 0 Å². The normalized spacial score (nSPS) is 13.1. The van der Waals surface area contributed by atoms with Gasteiger partial charge in [-0.05, 0) is 45.3 Å². The van der Waals surface area contributed by atoms with Gasteiger partial charge in [0.15, 0.2) is 23.6 Å². The van der Waals surface area contributed by atoms with E-state index in [-0.39, 0.29) is 44.1 Å². The monoisotopic (exact) mass is 701 g/mol. The van der Waals surface area contributed by atoms with Crippen LogP contribution in [0.25, 0.3) is 83.9 Å². The second kappa shape index (κ2) is 12.3. The maximum Gasteiger partial charge on any atom is 0.238 e. The summed E-state index contributed by atoms with van der Waals surface area (Å²) in [5, 5.41) is 0.910. The lowest BCUT2D eigenvalue weighted by Gasteiger charge is -2.22. The lowest BCUT2D eigenvalue weighted by Crippen LogP contribution is -2.48.